The molecule has 2 nitrogen and oxygen atoms in total. The first-order valence-electron chi connectivity index (χ1n) is 4.18. The van der Waals surface area contributed by atoms with Crippen LogP contribution in [0.5, 0.6) is 0 Å². The normalized spacial score (nSPS) is 13.6. The first kappa shape index (κ1) is 11.6. The lowest BCUT2D eigenvalue weighted by atomic mass is 10.0. The monoisotopic (exact) mass is 218 g/mol. The lowest BCUT2D eigenvalue weighted by molar-refractivity contribution is -0.175. The van der Waals surface area contributed by atoms with Crippen LogP contribution in [-0.2, 0) is 4.79 Å². The molecular weight excluding hydrogens is 209 g/mol. The van der Waals surface area contributed by atoms with Crippen molar-refractivity contribution in [3.8, 4) is 0 Å². The minimum Gasteiger partial charge on any atom is -0.477 e. The summed E-state index contributed by atoms with van der Waals surface area (Å²) in [5.74, 6) is -6.86. The van der Waals surface area contributed by atoms with E-state index in [1.54, 1.807) is 6.07 Å². The molecule has 1 rings (SSSR count). The molecule has 0 saturated heterocycles. The number of hydrogen-bond acceptors (Lipinski definition) is 1. The van der Waals surface area contributed by atoms with Gasteiger partial charge in [-0.1, -0.05) is 24.3 Å². The maximum atomic E-state index is 13.3. The number of rotatable bonds is 3. The molecule has 0 fully saturated rings. The van der Waals surface area contributed by atoms with Crippen molar-refractivity contribution in [2.45, 2.75) is 19.0 Å². The molecule has 0 heterocycles. The van der Waals surface area contributed by atoms with Gasteiger partial charge in [0.15, 0.2) is 6.17 Å². The second-order valence-corrected chi connectivity index (χ2v) is 3.15. The van der Waals surface area contributed by atoms with Crippen LogP contribution in [0.15, 0.2) is 24.3 Å². The maximum absolute atomic E-state index is 13.3. The van der Waals surface area contributed by atoms with Gasteiger partial charge in [-0.15, -0.1) is 0 Å². The van der Waals surface area contributed by atoms with Crippen molar-refractivity contribution in [1.29, 1.82) is 0 Å². The number of hydrogen-bond donors (Lipinski definition) is 1. The molecule has 0 radical (unpaired) electrons. The fourth-order valence-corrected chi connectivity index (χ4v) is 1.17. The van der Waals surface area contributed by atoms with E-state index in [1.807, 2.05) is 0 Å². The minimum absolute atomic E-state index is 0.297. The number of alkyl halides is 3. The van der Waals surface area contributed by atoms with Gasteiger partial charge >= 0.3 is 11.9 Å². The van der Waals surface area contributed by atoms with E-state index in [0.717, 1.165) is 6.07 Å². The van der Waals surface area contributed by atoms with Crippen molar-refractivity contribution in [2.75, 3.05) is 0 Å². The molecule has 0 saturated carbocycles. The smallest absolute Gasteiger partial charge is 0.378 e. The third-order valence-corrected chi connectivity index (χ3v) is 2.06. The standard InChI is InChI=1S/C10H9F3O2/c1-6-4-2-3-5-7(6)8(11)10(12,13)9(14)15/h2-5,8H,1H3,(H,14,15). The van der Waals surface area contributed by atoms with Crippen LogP contribution in [-0.4, -0.2) is 17.0 Å². The van der Waals surface area contributed by atoms with Gasteiger partial charge in [0, 0.05) is 0 Å². The number of halogens is 3. The van der Waals surface area contributed by atoms with Crippen LogP contribution in [0.3, 0.4) is 0 Å². The van der Waals surface area contributed by atoms with Crippen molar-refractivity contribution in [3.05, 3.63) is 35.4 Å². The molecule has 1 aromatic rings. The van der Waals surface area contributed by atoms with E-state index < -0.39 is 18.1 Å². The zero-order valence-electron chi connectivity index (χ0n) is 7.88. The summed E-state index contributed by atoms with van der Waals surface area (Å²) in [5, 5.41) is 8.17. The lowest BCUT2D eigenvalue weighted by Crippen LogP contribution is -2.33. The molecule has 15 heavy (non-hydrogen) atoms. The Bertz CT molecular complexity index is 377. The van der Waals surface area contributed by atoms with Crippen LogP contribution in [0.4, 0.5) is 13.2 Å². The van der Waals surface area contributed by atoms with Gasteiger partial charge in [-0.05, 0) is 18.1 Å². The van der Waals surface area contributed by atoms with Crippen LogP contribution >= 0.6 is 0 Å². The predicted octanol–water partition coefficient (Wildman–Crippen LogP) is 2.73. The molecule has 0 aliphatic carbocycles. The molecule has 0 spiro atoms. The summed E-state index contributed by atoms with van der Waals surface area (Å²) >= 11 is 0. The van der Waals surface area contributed by atoms with Crippen LogP contribution in [0.2, 0.25) is 0 Å². The Kier molecular flexibility index (Phi) is 3.02. The first-order chi connectivity index (χ1) is 6.87. The summed E-state index contributed by atoms with van der Waals surface area (Å²) in [7, 11) is 0. The molecule has 1 N–H and O–H groups in total. The second-order valence-electron chi connectivity index (χ2n) is 3.15. The Hall–Kier alpha value is -1.52. The van der Waals surface area contributed by atoms with Gasteiger partial charge in [0.2, 0.25) is 0 Å². The highest BCUT2D eigenvalue weighted by Gasteiger charge is 2.49. The highest BCUT2D eigenvalue weighted by Crippen LogP contribution is 2.36. The van der Waals surface area contributed by atoms with E-state index in [2.05, 4.69) is 0 Å². The number of aliphatic carboxylic acids is 1. The lowest BCUT2D eigenvalue weighted by Gasteiger charge is -2.17. The number of carboxylic acid groups (broad SMARTS) is 1. The van der Waals surface area contributed by atoms with E-state index in [1.165, 1.54) is 19.1 Å². The Balaban J connectivity index is 3.10. The highest BCUT2D eigenvalue weighted by molar-refractivity contribution is 5.76. The zero-order chi connectivity index (χ0) is 11.6. The molecule has 1 atom stereocenters. The van der Waals surface area contributed by atoms with Gasteiger partial charge in [0.1, 0.15) is 0 Å². The van der Waals surface area contributed by atoms with Crippen LogP contribution in [0, 0.1) is 6.92 Å². The van der Waals surface area contributed by atoms with Crippen LogP contribution in [0.25, 0.3) is 0 Å². The predicted molar refractivity (Wildman–Crippen MR) is 47.6 cm³/mol. The molecule has 0 bridgehead atoms. The summed E-state index contributed by atoms with van der Waals surface area (Å²) in [5.41, 5.74) is -0.00387. The number of aryl methyl sites for hydroxylation is 1. The molecular formula is C10H9F3O2. The minimum atomic E-state index is -4.40. The Morgan fingerprint density at radius 1 is 1.40 bits per heavy atom. The summed E-state index contributed by atoms with van der Waals surface area (Å²) in [6.07, 6.45) is -2.82. The molecule has 82 valence electrons. The fraction of sp³-hybridized carbons (Fsp3) is 0.300. The van der Waals surface area contributed by atoms with Gasteiger partial charge in [-0.25, -0.2) is 9.18 Å². The third-order valence-electron chi connectivity index (χ3n) is 2.06. The summed E-state index contributed by atoms with van der Waals surface area (Å²) in [6.45, 7) is 1.44. The largest absolute Gasteiger partial charge is 0.477 e. The van der Waals surface area contributed by atoms with Crippen molar-refractivity contribution in [2.24, 2.45) is 0 Å². The van der Waals surface area contributed by atoms with E-state index >= 15 is 0 Å². The van der Waals surface area contributed by atoms with E-state index in [-0.39, 0.29) is 5.56 Å². The number of carbonyl (C=O) groups is 1. The molecule has 0 aliphatic rings. The van der Waals surface area contributed by atoms with Crippen molar-refractivity contribution in [3.63, 3.8) is 0 Å². The molecule has 1 aromatic carbocycles. The molecule has 1 unspecified atom stereocenters. The molecule has 0 aromatic heterocycles. The zero-order valence-corrected chi connectivity index (χ0v) is 7.88. The van der Waals surface area contributed by atoms with Crippen LogP contribution < -0.4 is 0 Å². The van der Waals surface area contributed by atoms with E-state index in [0.29, 0.717) is 5.56 Å². The Morgan fingerprint density at radius 3 is 2.40 bits per heavy atom. The van der Waals surface area contributed by atoms with Crippen molar-refractivity contribution in [1.82, 2.24) is 0 Å². The summed E-state index contributed by atoms with van der Waals surface area (Å²) < 4.78 is 39.0. The summed E-state index contributed by atoms with van der Waals surface area (Å²) in [4.78, 5) is 10.2. The van der Waals surface area contributed by atoms with Gasteiger partial charge in [-0.2, -0.15) is 8.78 Å². The van der Waals surface area contributed by atoms with E-state index in [4.69, 9.17) is 5.11 Å². The average Bonchev–Trinajstić information content (AvgIpc) is 2.17. The van der Waals surface area contributed by atoms with Gasteiger partial charge in [-0.3, -0.25) is 0 Å². The van der Waals surface area contributed by atoms with Crippen molar-refractivity contribution >= 4 is 5.97 Å². The van der Waals surface area contributed by atoms with Gasteiger partial charge in [0.25, 0.3) is 0 Å². The summed E-state index contributed by atoms with van der Waals surface area (Å²) in [6, 6.07) is 5.54. The quantitative estimate of drug-likeness (QED) is 0.846. The second kappa shape index (κ2) is 3.92. The van der Waals surface area contributed by atoms with Crippen LogP contribution in [0.1, 0.15) is 17.3 Å². The molecule has 0 aliphatic heterocycles. The van der Waals surface area contributed by atoms with E-state index in [9.17, 15) is 18.0 Å². The Labute approximate surface area is 84.3 Å². The molecule has 0 amide bonds. The highest BCUT2D eigenvalue weighted by atomic mass is 19.3. The van der Waals surface area contributed by atoms with Gasteiger partial charge < -0.3 is 5.11 Å². The maximum Gasteiger partial charge on any atom is 0.378 e. The Morgan fingerprint density at radius 2 is 1.93 bits per heavy atom. The topological polar surface area (TPSA) is 37.3 Å². The first-order valence-corrected chi connectivity index (χ1v) is 4.18. The van der Waals surface area contributed by atoms with Gasteiger partial charge in [0.05, 0.1) is 0 Å². The SMILES string of the molecule is Cc1ccccc1C(F)C(F)(F)C(=O)O. The number of benzene rings is 1. The fourth-order valence-electron chi connectivity index (χ4n) is 1.17. The number of carboxylic acids is 1. The third kappa shape index (κ3) is 2.11. The average molecular weight is 218 g/mol. The molecule has 5 heteroatoms. The van der Waals surface area contributed by atoms with Crippen molar-refractivity contribution < 1.29 is 23.1 Å².